The maximum Gasteiger partial charge on any atom is 0.212 e. The van der Waals surface area contributed by atoms with Gasteiger partial charge in [0.1, 0.15) is 0 Å². The van der Waals surface area contributed by atoms with Crippen LogP contribution in [0, 0.1) is 5.95 Å². The predicted octanol–water partition coefficient (Wildman–Crippen LogP) is 4.85. The number of ketones is 1. The zero-order chi connectivity index (χ0) is 15.4. The molecule has 0 spiro atoms. The minimum Gasteiger partial charge on any atom is -0.288 e. The molecule has 108 valence electrons. The molecule has 0 aliphatic heterocycles. The maximum absolute atomic E-state index is 12.8. The molecule has 2 heterocycles. The molecule has 0 radical (unpaired) electrons. The summed E-state index contributed by atoms with van der Waals surface area (Å²) in [5.41, 5.74) is 1.79. The lowest BCUT2D eigenvalue weighted by molar-refractivity contribution is 0.105. The highest BCUT2D eigenvalue weighted by molar-refractivity contribution is 7.17. The van der Waals surface area contributed by atoms with Crippen molar-refractivity contribution in [3.8, 4) is 10.4 Å². The average molecular weight is 309 g/mol. The van der Waals surface area contributed by atoms with E-state index in [1.54, 1.807) is 24.3 Å². The highest BCUT2D eigenvalue weighted by Crippen LogP contribution is 2.28. The molecule has 0 unspecified atom stereocenters. The Bertz CT molecular complexity index is 807. The van der Waals surface area contributed by atoms with Gasteiger partial charge in [-0.25, -0.2) is 4.98 Å². The molecule has 0 saturated carbocycles. The number of rotatable bonds is 4. The fraction of sp³-hybridized carbons (Fsp3) is 0. The molecule has 0 N–H and O–H groups in total. The first kappa shape index (κ1) is 14.4. The van der Waals surface area contributed by atoms with E-state index in [1.807, 2.05) is 36.4 Å². The Kier molecular flexibility index (Phi) is 4.21. The van der Waals surface area contributed by atoms with Crippen LogP contribution in [-0.4, -0.2) is 10.8 Å². The Morgan fingerprint density at radius 3 is 2.59 bits per heavy atom. The first-order valence-corrected chi connectivity index (χ1v) is 7.53. The SMILES string of the molecule is O=C(/C=C/c1ccccc1)c1ccc(-c2ccc(F)nc2)s1. The third-order valence-corrected chi connectivity index (χ3v) is 4.24. The topological polar surface area (TPSA) is 30.0 Å². The molecule has 0 atom stereocenters. The molecule has 2 nitrogen and oxygen atoms in total. The van der Waals surface area contributed by atoms with Crippen molar-refractivity contribution >= 4 is 23.2 Å². The Balaban J connectivity index is 1.77. The summed E-state index contributed by atoms with van der Waals surface area (Å²) in [7, 11) is 0. The van der Waals surface area contributed by atoms with Crippen molar-refractivity contribution in [2.24, 2.45) is 0 Å². The van der Waals surface area contributed by atoms with Gasteiger partial charge in [0.05, 0.1) is 4.88 Å². The fourth-order valence-corrected chi connectivity index (χ4v) is 2.88. The van der Waals surface area contributed by atoms with E-state index < -0.39 is 5.95 Å². The van der Waals surface area contributed by atoms with Gasteiger partial charge in [0, 0.05) is 16.6 Å². The molecule has 22 heavy (non-hydrogen) atoms. The van der Waals surface area contributed by atoms with Crippen molar-refractivity contribution in [1.29, 1.82) is 0 Å². The Hall–Kier alpha value is -2.59. The second-order valence-electron chi connectivity index (χ2n) is 4.64. The van der Waals surface area contributed by atoms with Crippen LogP contribution in [0.25, 0.3) is 16.5 Å². The van der Waals surface area contributed by atoms with E-state index in [4.69, 9.17) is 0 Å². The summed E-state index contributed by atoms with van der Waals surface area (Å²) in [5, 5.41) is 0. The van der Waals surface area contributed by atoms with Crippen molar-refractivity contribution in [3.05, 3.63) is 83.3 Å². The predicted molar refractivity (Wildman–Crippen MR) is 87.3 cm³/mol. The van der Waals surface area contributed by atoms with Gasteiger partial charge in [0.2, 0.25) is 5.95 Å². The van der Waals surface area contributed by atoms with E-state index in [-0.39, 0.29) is 5.78 Å². The van der Waals surface area contributed by atoms with Gasteiger partial charge in [-0.1, -0.05) is 36.4 Å². The zero-order valence-electron chi connectivity index (χ0n) is 11.6. The summed E-state index contributed by atoms with van der Waals surface area (Å²) in [6, 6.07) is 16.3. The van der Waals surface area contributed by atoms with Crippen LogP contribution < -0.4 is 0 Å². The van der Waals surface area contributed by atoms with Crippen molar-refractivity contribution in [2.75, 3.05) is 0 Å². The average Bonchev–Trinajstić information content (AvgIpc) is 3.04. The van der Waals surface area contributed by atoms with Crippen LogP contribution in [0.4, 0.5) is 4.39 Å². The Morgan fingerprint density at radius 2 is 1.86 bits per heavy atom. The van der Waals surface area contributed by atoms with E-state index in [1.165, 1.54) is 23.6 Å². The number of carbonyl (C=O) groups is 1. The van der Waals surface area contributed by atoms with Crippen molar-refractivity contribution < 1.29 is 9.18 Å². The molecule has 2 aromatic heterocycles. The van der Waals surface area contributed by atoms with Crippen molar-refractivity contribution in [3.63, 3.8) is 0 Å². The molecule has 3 rings (SSSR count). The van der Waals surface area contributed by atoms with E-state index in [0.29, 0.717) is 4.88 Å². The summed E-state index contributed by atoms with van der Waals surface area (Å²) in [6.45, 7) is 0. The Labute approximate surface area is 131 Å². The molecule has 0 amide bonds. The molecule has 0 fully saturated rings. The molecular formula is C18H12FNOS. The van der Waals surface area contributed by atoms with Crippen LogP contribution in [0.1, 0.15) is 15.2 Å². The van der Waals surface area contributed by atoms with Crippen molar-refractivity contribution in [1.82, 2.24) is 4.98 Å². The van der Waals surface area contributed by atoms with Gasteiger partial charge in [-0.3, -0.25) is 4.79 Å². The second kappa shape index (κ2) is 6.45. The van der Waals surface area contributed by atoms with Gasteiger partial charge < -0.3 is 0 Å². The fourth-order valence-electron chi connectivity index (χ4n) is 1.97. The van der Waals surface area contributed by atoms with E-state index in [2.05, 4.69) is 4.98 Å². The van der Waals surface area contributed by atoms with Crippen LogP contribution in [0.2, 0.25) is 0 Å². The third-order valence-electron chi connectivity index (χ3n) is 3.09. The van der Waals surface area contributed by atoms with Crippen molar-refractivity contribution in [2.45, 2.75) is 0 Å². The van der Waals surface area contributed by atoms with Gasteiger partial charge in [-0.15, -0.1) is 11.3 Å². The number of halogens is 1. The number of hydrogen-bond acceptors (Lipinski definition) is 3. The van der Waals surface area contributed by atoms with E-state index in [0.717, 1.165) is 16.0 Å². The number of aromatic nitrogens is 1. The van der Waals surface area contributed by atoms with E-state index in [9.17, 15) is 9.18 Å². The van der Waals surface area contributed by atoms with Crippen LogP contribution in [0.3, 0.4) is 0 Å². The molecule has 3 aromatic rings. The third kappa shape index (κ3) is 3.35. The van der Waals surface area contributed by atoms with Crippen LogP contribution >= 0.6 is 11.3 Å². The summed E-state index contributed by atoms with van der Waals surface area (Å²) in [4.78, 5) is 17.3. The number of allylic oxidation sites excluding steroid dienone is 1. The van der Waals surface area contributed by atoms with Gasteiger partial charge in [0.15, 0.2) is 5.78 Å². The lowest BCUT2D eigenvalue weighted by Gasteiger charge is -1.95. The highest BCUT2D eigenvalue weighted by Gasteiger charge is 2.08. The Morgan fingerprint density at radius 1 is 1.05 bits per heavy atom. The largest absolute Gasteiger partial charge is 0.288 e. The normalized spacial score (nSPS) is 11.0. The molecule has 1 aromatic carbocycles. The first-order chi connectivity index (χ1) is 10.7. The number of thiophene rings is 1. The first-order valence-electron chi connectivity index (χ1n) is 6.71. The lowest BCUT2D eigenvalue weighted by Crippen LogP contribution is -1.88. The summed E-state index contributed by atoms with van der Waals surface area (Å²) < 4.78 is 12.8. The highest BCUT2D eigenvalue weighted by atomic mass is 32.1. The zero-order valence-corrected chi connectivity index (χ0v) is 12.4. The summed E-state index contributed by atoms with van der Waals surface area (Å²) in [5.74, 6) is -0.558. The van der Waals surface area contributed by atoms with Gasteiger partial charge in [-0.05, 0) is 35.9 Å². The van der Waals surface area contributed by atoms with Crippen LogP contribution in [0.15, 0.2) is 66.9 Å². The van der Waals surface area contributed by atoms with E-state index >= 15 is 0 Å². The molecule has 0 aliphatic carbocycles. The van der Waals surface area contributed by atoms with Gasteiger partial charge >= 0.3 is 0 Å². The number of pyridine rings is 1. The standard InChI is InChI=1S/C18H12FNOS/c19-18-11-7-14(12-20-18)16-9-10-17(22-16)15(21)8-6-13-4-2-1-3-5-13/h1-12H/b8-6+. The minimum absolute atomic E-state index is 0.0461. The second-order valence-corrected chi connectivity index (χ2v) is 5.73. The number of benzene rings is 1. The lowest BCUT2D eigenvalue weighted by atomic mass is 10.2. The summed E-state index contributed by atoms with van der Waals surface area (Å²) >= 11 is 1.37. The van der Waals surface area contributed by atoms with Gasteiger partial charge in [-0.2, -0.15) is 4.39 Å². The summed E-state index contributed by atoms with van der Waals surface area (Å²) in [6.07, 6.45) is 4.82. The quantitative estimate of drug-likeness (QED) is 0.392. The van der Waals surface area contributed by atoms with Crippen LogP contribution in [-0.2, 0) is 0 Å². The molecular weight excluding hydrogens is 297 g/mol. The number of hydrogen-bond donors (Lipinski definition) is 0. The van der Waals surface area contributed by atoms with Gasteiger partial charge in [0.25, 0.3) is 0 Å². The van der Waals surface area contributed by atoms with Crippen LogP contribution in [0.5, 0.6) is 0 Å². The number of nitrogens with zero attached hydrogens (tertiary/aromatic N) is 1. The molecule has 0 saturated heterocycles. The molecule has 0 bridgehead atoms. The minimum atomic E-state index is -0.512. The molecule has 0 aliphatic rings. The number of carbonyl (C=O) groups excluding carboxylic acids is 1. The molecule has 4 heteroatoms. The monoisotopic (exact) mass is 309 g/mol. The smallest absolute Gasteiger partial charge is 0.212 e. The maximum atomic E-state index is 12.8.